The smallest absolute Gasteiger partial charge is 0.261 e. The van der Waals surface area contributed by atoms with Crippen LogP contribution in [0.15, 0.2) is 54.6 Å². The molecule has 1 heterocycles. The number of carbonyl (C=O) groups is 3. The molecule has 28 heavy (non-hydrogen) atoms. The van der Waals surface area contributed by atoms with Gasteiger partial charge >= 0.3 is 0 Å². The van der Waals surface area contributed by atoms with Gasteiger partial charge in [0.15, 0.2) is 0 Å². The predicted octanol–water partition coefficient (Wildman–Crippen LogP) is 4.08. The largest absolute Gasteiger partial charge is 0.326 e. The quantitative estimate of drug-likeness (QED) is 0.702. The fourth-order valence-corrected chi connectivity index (χ4v) is 3.54. The number of hydrogen-bond donors (Lipinski definition) is 1. The van der Waals surface area contributed by atoms with E-state index in [0.717, 1.165) is 21.4 Å². The van der Waals surface area contributed by atoms with E-state index < -0.39 is 0 Å². The number of anilines is 1. The van der Waals surface area contributed by atoms with Crippen molar-refractivity contribution in [2.24, 2.45) is 0 Å². The van der Waals surface area contributed by atoms with Crippen LogP contribution in [0.2, 0.25) is 0 Å². The van der Waals surface area contributed by atoms with Crippen LogP contribution in [0.25, 0.3) is 10.8 Å². The summed E-state index contributed by atoms with van der Waals surface area (Å²) in [4.78, 5) is 39.2. The lowest BCUT2D eigenvalue weighted by atomic mass is 9.94. The molecule has 0 saturated carbocycles. The van der Waals surface area contributed by atoms with Crippen molar-refractivity contribution in [2.75, 3.05) is 11.9 Å². The van der Waals surface area contributed by atoms with Gasteiger partial charge in [-0.05, 0) is 54.6 Å². The fourth-order valence-electron chi connectivity index (χ4n) is 3.54. The third-order valence-electron chi connectivity index (χ3n) is 5.21. The minimum absolute atomic E-state index is 0.0407. The number of amides is 3. The van der Waals surface area contributed by atoms with Crippen LogP contribution in [0.1, 0.15) is 38.3 Å². The van der Waals surface area contributed by atoms with E-state index in [1.807, 2.05) is 44.2 Å². The van der Waals surface area contributed by atoms with Gasteiger partial charge in [0, 0.05) is 35.2 Å². The molecule has 0 saturated heterocycles. The van der Waals surface area contributed by atoms with Crippen LogP contribution in [0.5, 0.6) is 0 Å². The van der Waals surface area contributed by atoms with E-state index in [4.69, 9.17) is 0 Å². The molecule has 0 aliphatic carbocycles. The van der Waals surface area contributed by atoms with E-state index in [-0.39, 0.29) is 30.7 Å². The Morgan fingerprint density at radius 3 is 2.14 bits per heavy atom. The van der Waals surface area contributed by atoms with Crippen molar-refractivity contribution in [3.05, 3.63) is 76.9 Å². The topological polar surface area (TPSA) is 66.5 Å². The van der Waals surface area contributed by atoms with Gasteiger partial charge in [-0.15, -0.1) is 0 Å². The number of nitrogens with one attached hydrogen (secondary N) is 1. The number of hydrogen-bond acceptors (Lipinski definition) is 3. The molecule has 1 aliphatic rings. The summed E-state index contributed by atoms with van der Waals surface area (Å²) in [6.45, 7) is 4.03. The molecular weight excluding hydrogens is 352 g/mol. The van der Waals surface area contributed by atoms with E-state index in [2.05, 4.69) is 5.32 Å². The minimum atomic E-state index is -0.353. The monoisotopic (exact) mass is 372 g/mol. The Morgan fingerprint density at radius 1 is 0.893 bits per heavy atom. The van der Waals surface area contributed by atoms with Crippen LogP contribution >= 0.6 is 0 Å². The number of aryl methyl sites for hydroxylation is 2. The second kappa shape index (κ2) is 6.93. The number of benzene rings is 3. The Kier molecular flexibility index (Phi) is 4.43. The first kappa shape index (κ1) is 17.9. The molecule has 5 heteroatoms. The fraction of sp³-hybridized carbons (Fsp3) is 0.174. The van der Waals surface area contributed by atoms with E-state index in [0.29, 0.717) is 22.2 Å². The summed E-state index contributed by atoms with van der Waals surface area (Å²) in [7, 11) is 0. The SMILES string of the molecule is Cc1ccc(NC(=O)CCN2C(=O)c3cccc4cccc(c34)C2=O)cc1C. The Morgan fingerprint density at radius 2 is 1.54 bits per heavy atom. The molecule has 3 amide bonds. The standard InChI is InChI=1S/C23H20N2O3/c1-14-9-10-17(13-15(14)2)24-20(26)11-12-25-22(27)18-7-3-5-16-6-4-8-19(21(16)18)23(25)28/h3-10,13H,11-12H2,1-2H3,(H,24,26). The molecule has 0 aromatic heterocycles. The van der Waals surface area contributed by atoms with Crippen molar-refractivity contribution in [3.63, 3.8) is 0 Å². The van der Waals surface area contributed by atoms with Crippen molar-refractivity contribution in [2.45, 2.75) is 20.3 Å². The highest BCUT2D eigenvalue weighted by atomic mass is 16.2. The predicted molar refractivity (Wildman–Crippen MR) is 108 cm³/mol. The molecule has 0 radical (unpaired) electrons. The van der Waals surface area contributed by atoms with Gasteiger partial charge in [-0.2, -0.15) is 0 Å². The molecule has 0 atom stereocenters. The van der Waals surface area contributed by atoms with Crippen LogP contribution in [-0.4, -0.2) is 29.2 Å². The molecule has 5 nitrogen and oxygen atoms in total. The van der Waals surface area contributed by atoms with Gasteiger partial charge in [-0.3, -0.25) is 19.3 Å². The van der Waals surface area contributed by atoms with Gasteiger partial charge in [0.25, 0.3) is 11.8 Å². The minimum Gasteiger partial charge on any atom is -0.326 e. The summed E-state index contributed by atoms with van der Waals surface area (Å²) >= 11 is 0. The van der Waals surface area contributed by atoms with Crippen molar-refractivity contribution < 1.29 is 14.4 Å². The molecule has 4 rings (SSSR count). The zero-order valence-corrected chi connectivity index (χ0v) is 15.8. The number of nitrogens with zero attached hydrogens (tertiary/aromatic N) is 1. The highest BCUT2D eigenvalue weighted by Gasteiger charge is 2.32. The van der Waals surface area contributed by atoms with Gasteiger partial charge in [0.1, 0.15) is 0 Å². The van der Waals surface area contributed by atoms with Crippen LogP contribution in [-0.2, 0) is 4.79 Å². The first-order valence-electron chi connectivity index (χ1n) is 9.21. The highest BCUT2D eigenvalue weighted by Crippen LogP contribution is 2.30. The van der Waals surface area contributed by atoms with Crippen LogP contribution < -0.4 is 5.32 Å². The third-order valence-corrected chi connectivity index (χ3v) is 5.21. The Hall–Kier alpha value is -3.47. The van der Waals surface area contributed by atoms with E-state index in [9.17, 15) is 14.4 Å². The lowest BCUT2D eigenvalue weighted by Gasteiger charge is -2.27. The summed E-state index contributed by atoms with van der Waals surface area (Å²) in [5.74, 6) is -0.942. The van der Waals surface area contributed by atoms with Gasteiger partial charge in [-0.25, -0.2) is 0 Å². The first-order valence-corrected chi connectivity index (χ1v) is 9.21. The molecule has 0 fully saturated rings. The summed E-state index contributed by atoms with van der Waals surface area (Å²) in [5.41, 5.74) is 3.95. The van der Waals surface area contributed by atoms with Gasteiger partial charge in [-0.1, -0.05) is 30.3 Å². The van der Waals surface area contributed by atoms with Crippen LogP contribution in [0, 0.1) is 13.8 Å². The maximum atomic E-state index is 12.8. The van der Waals surface area contributed by atoms with E-state index in [1.54, 1.807) is 24.3 Å². The van der Waals surface area contributed by atoms with Crippen molar-refractivity contribution in [3.8, 4) is 0 Å². The van der Waals surface area contributed by atoms with Crippen molar-refractivity contribution in [1.29, 1.82) is 0 Å². The molecule has 3 aromatic carbocycles. The molecule has 0 spiro atoms. The van der Waals surface area contributed by atoms with Gasteiger partial charge < -0.3 is 5.32 Å². The molecule has 0 unspecified atom stereocenters. The molecule has 1 aliphatic heterocycles. The molecule has 0 bridgehead atoms. The molecule has 140 valence electrons. The Balaban J connectivity index is 1.51. The zero-order valence-electron chi connectivity index (χ0n) is 15.8. The lowest BCUT2D eigenvalue weighted by Crippen LogP contribution is -2.41. The molecular formula is C23H20N2O3. The number of imide groups is 1. The summed E-state index contributed by atoms with van der Waals surface area (Å²) in [6.07, 6.45) is 0.0442. The summed E-state index contributed by atoms with van der Waals surface area (Å²) in [5, 5.41) is 4.39. The maximum Gasteiger partial charge on any atom is 0.261 e. The van der Waals surface area contributed by atoms with Crippen molar-refractivity contribution >= 4 is 34.2 Å². The maximum absolute atomic E-state index is 12.8. The van der Waals surface area contributed by atoms with Crippen molar-refractivity contribution in [1.82, 2.24) is 4.90 Å². The number of carbonyl (C=O) groups excluding carboxylic acids is 3. The van der Waals surface area contributed by atoms with Crippen LogP contribution in [0.3, 0.4) is 0 Å². The second-order valence-corrected chi connectivity index (χ2v) is 7.07. The van der Waals surface area contributed by atoms with E-state index in [1.165, 1.54) is 0 Å². The average Bonchev–Trinajstić information content (AvgIpc) is 2.68. The van der Waals surface area contributed by atoms with Gasteiger partial charge in [0.05, 0.1) is 0 Å². The van der Waals surface area contributed by atoms with E-state index >= 15 is 0 Å². The lowest BCUT2D eigenvalue weighted by molar-refractivity contribution is -0.116. The van der Waals surface area contributed by atoms with Gasteiger partial charge in [0.2, 0.25) is 5.91 Å². The molecule has 1 N–H and O–H groups in total. The molecule has 3 aromatic rings. The average molecular weight is 372 g/mol. The zero-order chi connectivity index (χ0) is 19.8. The Labute approximate surface area is 163 Å². The first-order chi connectivity index (χ1) is 13.5. The Bertz CT molecular complexity index is 1080. The summed E-state index contributed by atoms with van der Waals surface area (Å²) < 4.78 is 0. The second-order valence-electron chi connectivity index (χ2n) is 7.07. The van der Waals surface area contributed by atoms with Crippen LogP contribution in [0.4, 0.5) is 5.69 Å². The third kappa shape index (κ3) is 3.05. The number of rotatable bonds is 4. The highest BCUT2D eigenvalue weighted by molar-refractivity contribution is 6.25. The summed E-state index contributed by atoms with van der Waals surface area (Å²) in [6, 6.07) is 16.5. The normalized spacial score (nSPS) is 13.1.